The predicted molar refractivity (Wildman–Crippen MR) is 88.1 cm³/mol. The highest BCUT2D eigenvalue weighted by Crippen LogP contribution is 2.28. The fourth-order valence-electron chi connectivity index (χ4n) is 1.93. The fraction of sp³-hybridized carbons (Fsp3) is 0.692. The highest BCUT2D eigenvalue weighted by atomic mass is 28.3. The lowest BCUT2D eigenvalue weighted by atomic mass is 10.1. The van der Waals surface area contributed by atoms with E-state index < -0.39 is 31.3 Å². The minimum Gasteiger partial charge on any atom is -0.443 e. The number of amides is 1. The van der Waals surface area contributed by atoms with Gasteiger partial charge in [0.05, 0.1) is 4.92 Å². The third kappa shape index (κ3) is 5.90. The van der Waals surface area contributed by atoms with Gasteiger partial charge in [-0.15, -0.1) is 0 Å². The van der Waals surface area contributed by atoms with Crippen LogP contribution in [-0.2, 0) is 16.2 Å². The first-order valence-electron chi connectivity index (χ1n) is 7.45. The zero-order valence-corrected chi connectivity index (χ0v) is 15.3. The van der Waals surface area contributed by atoms with Crippen molar-refractivity contribution >= 4 is 19.9 Å². The Hall–Kier alpha value is -1.98. The van der Waals surface area contributed by atoms with Gasteiger partial charge in [-0.3, -0.25) is 10.1 Å². The van der Waals surface area contributed by atoms with E-state index in [4.69, 9.17) is 10.5 Å². The van der Waals surface area contributed by atoms with Crippen LogP contribution in [0.2, 0.25) is 25.7 Å². The number of carbonyl (C=O) groups excluding carboxylic acids is 1. The summed E-state index contributed by atoms with van der Waals surface area (Å²) in [5.41, 5.74) is 4.44. The molecule has 11 heteroatoms. The summed E-state index contributed by atoms with van der Waals surface area (Å²) in [6, 6.07) is 0.926. The topological polar surface area (TPSA) is 143 Å². The summed E-state index contributed by atoms with van der Waals surface area (Å²) in [5.74, 6) is 0. The van der Waals surface area contributed by atoms with Crippen LogP contribution in [0.25, 0.3) is 0 Å². The maximum atomic E-state index is 11.1. The maximum Gasteiger partial charge on any atom is 0.404 e. The third-order valence-corrected chi connectivity index (χ3v) is 5.00. The van der Waals surface area contributed by atoms with Crippen LogP contribution in [0.15, 0.2) is 6.20 Å². The molecule has 0 saturated carbocycles. The number of hydrogen-bond donors (Lipinski definition) is 2. The Morgan fingerprint density at radius 3 is 2.67 bits per heavy atom. The summed E-state index contributed by atoms with van der Waals surface area (Å²) in [6.45, 7) is 8.43. The Balaban J connectivity index is 2.89. The summed E-state index contributed by atoms with van der Waals surface area (Å²) >= 11 is 0. The standard InChI is InChI=1S/C13H24N4O6Si/c1-9(23-13(14)19)12(18)11-10(17(20)21)7-15-16(11)8-22-5-6-24(2,3)4/h7,9,12,18H,5-6,8H2,1-4H3,(H2,14,19)/t9-,12?/m0/s1. The van der Waals surface area contributed by atoms with Gasteiger partial charge >= 0.3 is 11.8 Å². The Morgan fingerprint density at radius 2 is 2.17 bits per heavy atom. The molecule has 1 unspecified atom stereocenters. The van der Waals surface area contributed by atoms with Crippen molar-refractivity contribution in [2.45, 2.75) is 51.5 Å². The molecule has 0 radical (unpaired) electrons. The minimum absolute atomic E-state index is 0.0476. The second kappa shape index (κ2) is 8.21. The summed E-state index contributed by atoms with van der Waals surface area (Å²) in [5, 5.41) is 25.3. The maximum absolute atomic E-state index is 11.1. The molecular weight excluding hydrogens is 336 g/mol. The lowest BCUT2D eigenvalue weighted by molar-refractivity contribution is -0.386. The van der Waals surface area contributed by atoms with Crippen molar-refractivity contribution < 1.29 is 24.3 Å². The molecule has 1 aromatic heterocycles. The number of nitrogens with zero attached hydrogens (tertiary/aromatic N) is 3. The summed E-state index contributed by atoms with van der Waals surface area (Å²) in [6.07, 6.45) is -2.58. The van der Waals surface area contributed by atoms with Gasteiger partial charge in [0.15, 0.2) is 5.69 Å². The lowest BCUT2D eigenvalue weighted by Gasteiger charge is -2.19. The number of rotatable bonds is 9. The summed E-state index contributed by atoms with van der Waals surface area (Å²) < 4.78 is 11.4. The number of hydrogen-bond acceptors (Lipinski definition) is 7. The predicted octanol–water partition coefficient (Wildman–Crippen LogP) is 1.62. The van der Waals surface area contributed by atoms with E-state index >= 15 is 0 Å². The molecule has 1 heterocycles. The van der Waals surface area contributed by atoms with Crippen LogP contribution in [0, 0.1) is 10.1 Å². The summed E-state index contributed by atoms with van der Waals surface area (Å²) in [7, 11) is -1.26. The smallest absolute Gasteiger partial charge is 0.404 e. The van der Waals surface area contributed by atoms with Crippen molar-refractivity contribution in [1.29, 1.82) is 0 Å². The number of carbonyl (C=O) groups is 1. The van der Waals surface area contributed by atoms with E-state index in [9.17, 15) is 20.0 Å². The number of aromatic nitrogens is 2. The van der Waals surface area contributed by atoms with Gasteiger partial charge in [0.1, 0.15) is 25.1 Å². The van der Waals surface area contributed by atoms with E-state index in [1.165, 1.54) is 11.6 Å². The van der Waals surface area contributed by atoms with Gasteiger partial charge in [-0.1, -0.05) is 19.6 Å². The van der Waals surface area contributed by atoms with Crippen molar-refractivity contribution in [3.8, 4) is 0 Å². The van der Waals surface area contributed by atoms with Crippen molar-refractivity contribution in [3.63, 3.8) is 0 Å². The van der Waals surface area contributed by atoms with Crippen molar-refractivity contribution in [3.05, 3.63) is 22.0 Å². The highest BCUT2D eigenvalue weighted by Gasteiger charge is 2.32. The van der Waals surface area contributed by atoms with E-state index in [2.05, 4.69) is 29.5 Å². The van der Waals surface area contributed by atoms with Gasteiger partial charge in [-0.25, -0.2) is 9.48 Å². The molecule has 1 rings (SSSR count). The molecule has 136 valence electrons. The van der Waals surface area contributed by atoms with Crippen molar-refractivity contribution in [2.75, 3.05) is 6.61 Å². The van der Waals surface area contributed by atoms with Gasteiger partial charge in [0.25, 0.3) is 0 Å². The molecule has 10 nitrogen and oxygen atoms in total. The Bertz CT molecular complexity index is 586. The van der Waals surface area contributed by atoms with Crippen molar-refractivity contribution in [2.24, 2.45) is 5.73 Å². The largest absolute Gasteiger partial charge is 0.443 e. The van der Waals surface area contributed by atoms with Crippen LogP contribution >= 0.6 is 0 Å². The first kappa shape index (κ1) is 20.1. The second-order valence-electron chi connectivity index (χ2n) is 6.61. The van der Waals surface area contributed by atoms with E-state index in [0.717, 1.165) is 12.2 Å². The molecule has 24 heavy (non-hydrogen) atoms. The molecule has 1 amide bonds. The van der Waals surface area contributed by atoms with Gasteiger partial charge in [-0.05, 0) is 13.0 Å². The minimum atomic E-state index is -1.46. The SMILES string of the molecule is C[C@H](OC(N)=O)C(O)c1c([N+](=O)[O-])cnn1COCC[Si](C)(C)C. The molecule has 0 aliphatic carbocycles. The molecule has 0 aliphatic heterocycles. The Morgan fingerprint density at radius 1 is 1.54 bits per heavy atom. The van der Waals surface area contributed by atoms with Crippen LogP contribution in [0.5, 0.6) is 0 Å². The fourth-order valence-corrected chi connectivity index (χ4v) is 2.69. The van der Waals surface area contributed by atoms with Crippen LogP contribution in [0.3, 0.4) is 0 Å². The molecule has 0 saturated heterocycles. The molecular formula is C13H24N4O6Si. The first-order valence-corrected chi connectivity index (χ1v) is 11.2. The number of primary amides is 1. The van der Waals surface area contributed by atoms with Crippen LogP contribution in [0.1, 0.15) is 18.7 Å². The number of ether oxygens (including phenoxy) is 2. The van der Waals surface area contributed by atoms with Gasteiger partial charge in [0.2, 0.25) is 0 Å². The number of aliphatic hydroxyl groups excluding tert-OH is 1. The number of aliphatic hydroxyl groups is 1. The van der Waals surface area contributed by atoms with Gasteiger partial charge in [0, 0.05) is 14.7 Å². The monoisotopic (exact) mass is 360 g/mol. The first-order chi connectivity index (χ1) is 11.0. The molecule has 0 bridgehead atoms. The molecule has 0 spiro atoms. The van der Waals surface area contributed by atoms with Crippen LogP contribution in [0.4, 0.5) is 10.5 Å². The Kier molecular flexibility index (Phi) is 6.87. The van der Waals surface area contributed by atoms with E-state index in [-0.39, 0.29) is 18.1 Å². The van der Waals surface area contributed by atoms with E-state index in [1.54, 1.807) is 0 Å². The molecule has 0 aromatic carbocycles. The Labute approximate surface area is 140 Å². The zero-order valence-electron chi connectivity index (χ0n) is 14.3. The molecule has 0 aliphatic rings. The normalized spacial score (nSPS) is 14.2. The molecule has 2 atom stereocenters. The zero-order chi connectivity index (χ0) is 18.5. The number of nitro groups is 1. The quantitative estimate of drug-likeness (QED) is 0.295. The molecule has 1 aromatic rings. The van der Waals surface area contributed by atoms with Gasteiger partial charge in [-0.2, -0.15) is 5.10 Å². The lowest BCUT2D eigenvalue weighted by Crippen LogP contribution is -2.28. The number of nitrogens with two attached hydrogens (primary N) is 1. The second-order valence-corrected chi connectivity index (χ2v) is 12.2. The van der Waals surface area contributed by atoms with E-state index in [0.29, 0.717) is 6.61 Å². The molecule has 0 fully saturated rings. The third-order valence-electron chi connectivity index (χ3n) is 3.29. The van der Waals surface area contributed by atoms with Crippen LogP contribution in [-0.4, -0.2) is 46.7 Å². The van der Waals surface area contributed by atoms with E-state index in [1.807, 2.05) is 0 Å². The highest BCUT2D eigenvalue weighted by molar-refractivity contribution is 6.76. The van der Waals surface area contributed by atoms with Crippen molar-refractivity contribution in [1.82, 2.24) is 9.78 Å². The van der Waals surface area contributed by atoms with Gasteiger partial charge < -0.3 is 20.3 Å². The summed E-state index contributed by atoms with van der Waals surface area (Å²) in [4.78, 5) is 21.3. The molecule has 3 N–H and O–H groups in total. The van der Waals surface area contributed by atoms with Crippen LogP contribution < -0.4 is 5.73 Å². The average molecular weight is 360 g/mol. The average Bonchev–Trinajstić information content (AvgIpc) is 2.84.